The Labute approximate surface area is 91.3 Å². The van der Waals surface area contributed by atoms with Gasteiger partial charge in [0.1, 0.15) is 5.82 Å². The zero-order chi connectivity index (χ0) is 10.7. The minimum atomic E-state index is 0.597. The van der Waals surface area contributed by atoms with E-state index < -0.39 is 0 Å². The van der Waals surface area contributed by atoms with Crippen LogP contribution in [0.3, 0.4) is 0 Å². The molecule has 1 aliphatic heterocycles. The van der Waals surface area contributed by atoms with Crippen molar-refractivity contribution in [3.63, 3.8) is 0 Å². The average Bonchev–Trinajstić information content (AvgIpc) is 2.30. The third kappa shape index (κ3) is 2.48. The van der Waals surface area contributed by atoms with Crippen molar-refractivity contribution in [3.8, 4) is 0 Å². The van der Waals surface area contributed by atoms with Gasteiger partial charge < -0.3 is 10.6 Å². The number of rotatable bonds is 2. The Balaban J connectivity index is 2.08. The quantitative estimate of drug-likeness (QED) is 0.800. The lowest BCUT2D eigenvalue weighted by atomic mass is 9.99. The largest absolute Gasteiger partial charge is 0.357 e. The molecule has 1 fully saturated rings. The van der Waals surface area contributed by atoms with E-state index in [1.165, 1.54) is 18.4 Å². The Morgan fingerprint density at radius 3 is 2.87 bits per heavy atom. The molecule has 0 bridgehead atoms. The van der Waals surface area contributed by atoms with E-state index in [1.54, 1.807) is 0 Å². The summed E-state index contributed by atoms with van der Waals surface area (Å²) in [5.41, 5.74) is 6.79. The van der Waals surface area contributed by atoms with Gasteiger partial charge in [0.05, 0.1) is 0 Å². The first kappa shape index (κ1) is 10.4. The van der Waals surface area contributed by atoms with Crippen LogP contribution in [0.4, 0.5) is 5.82 Å². The normalized spacial score (nSPS) is 18.1. The second-order valence-corrected chi connectivity index (χ2v) is 4.40. The van der Waals surface area contributed by atoms with Crippen molar-refractivity contribution < 1.29 is 0 Å². The third-order valence-corrected chi connectivity index (χ3v) is 3.15. The van der Waals surface area contributed by atoms with Crippen molar-refractivity contribution in [2.75, 3.05) is 18.0 Å². The van der Waals surface area contributed by atoms with Crippen LogP contribution in [0, 0.1) is 5.92 Å². The molecule has 0 aliphatic carbocycles. The van der Waals surface area contributed by atoms with Crippen molar-refractivity contribution in [2.24, 2.45) is 11.7 Å². The smallest absolute Gasteiger partial charge is 0.128 e. The summed E-state index contributed by atoms with van der Waals surface area (Å²) in [5, 5.41) is 0. The minimum absolute atomic E-state index is 0.597. The van der Waals surface area contributed by atoms with Crippen LogP contribution in [0.25, 0.3) is 0 Å². The Morgan fingerprint density at radius 2 is 2.20 bits per heavy atom. The lowest BCUT2D eigenvalue weighted by Crippen LogP contribution is -2.33. The lowest BCUT2D eigenvalue weighted by molar-refractivity contribution is 0.436. The van der Waals surface area contributed by atoms with Crippen molar-refractivity contribution in [1.82, 2.24) is 4.98 Å². The molecule has 0 spiro atoms. The summed E-state index contributed by atoms with van der Waals surface area (Å²) in [5.74, 6) is 1.95. The maximum Gasteiger partial charge on any atom is 0.128 e. The van der Waals surface area contributed by atoms with Crippen LogP contribution in [0.1, 0.15) is 25.3 Å². The van der Waals surface area contributed by atoms with E-state index >= 15 is 0 Å². The van der Waals surface area contributed by atoms with Gasteiger partial charge in [-0.05, 0) is 36.5 Å². The molecule has 2 rings (SSSR count). The number of nitrogens with two attached hydrogens (primary N) is 1. The van der Waals surface area contributed by atoms with E-state index in [9.17, 15) is 0 Å². The fraction of sp³-hybridized carbons (Fsp3) is 0.583. The molecule has 1 aromatic rings. The maximum atomic E-state index is 5.62. The molecule has 0 atom stereocenters. The second-order valence-electron chi connectivity index (χ2n) is 4.40. The molecule has 0 saturated carbocycles. The molecule has 0 aromatic carbocycles. The standard InChI is InChI=1S/C12H19N3/c1-10-3-6-15(7-4-10)12-8-11(9-13)2-5-14-12/h2,5,8,10H,3-4,6-7,9,13H2,1H3. The molecule has 82 valence electrons. The second kappa shape index (κ2) is 4.62. The Kier molecular flexibility index (Phi) is 3.21. The van der Waals surface area contributed by atoms with Gasteiger partial charge in [-0.25, -0.2) is 4.98 Å². The summed E-state index contributed by atoms with van der Waals surface area (Å²) in [6.07, 6.45) is 4.40. The van der Waals surface area contributed by atoms with Gasteiger partial charge in [0, 0.05) is 25.8 Å². The summed E-state index contributed by atoms with van der Waals surface area (Å²) < 4.78 is 0. The SMILES string of the molecule is CC1CCN(c2cc(CN)ccn2)CC1. The molecule has 0 unspecified atom stereocenters. The molecule has 2 heterocycles. The predicted octanol–water partition coefficient (Wildman–Crippen LogP) is 1.78. The number of hydrogen-bond acceptors (Lipinski definition) is 3. The molecular formula is C12H19N3. The molecule has 1 aromatic heterocycles. The summed E-state index contributed by atoms with van der Waals surface area (Å²) in [7, 11) is 0. The van der Waals surface area contributed by atoms with E-state index in [0.717, 1.165) is 24.8 Å². The summed E-state index contributed by atoms with van der Waals surface area (Å²) in [6.45, 7) is 5.17. The fourth-order valence-corrected chi connectivity index (χ4v) is 2.00. The Bertz CT molecular complexity index is 316. The molecular weight excluding hydrogens is 186 g/mol. The first-order valence-electron chi connectivity index (χ1n) is 5.69. The first-order valence-corrected chi connectivity index (χ1v) is 5.69. The molecule has 1 saturated heterocycles. The number of pyridine rings is 1. The van der Waals surface area contributed by atoms with Crippen LogP contribution < -0.4 is 10.6 Å². The summed E-state index contributed by atoms with van der Waals surface area (Å²) >= 11 is 0. The minimum Gasteiger partial charge on any atom is -0.357 e. The van der Waals surface area contributed by atoms with Crippen LogP contribution >= 0.6 is 0 Å². The van der Waals surface area contributed by atoms with Crippen molar-refractivity contribution >= 4 is 5.82 Å². The molecule has 0 amide bonds. The molecule has 0 radical (unpaired) electrons. The molecule has 3 heteroatoms. The van der Waals surface area contributed by atoms with E-state index in [4.69, 9.17) is 5.73 Å². The van der Waals surface area contributed by atoms with Gasteiger partial charge in [-0.1, -0.05) is 6.92 Å². The van der Waals surface area contributed by atoms with Gasteiger partial charge >= 0.3 is 0 Å². The maximum absolute atomic E-state index is 5.62. The molecule has 3 nitrogen and oxygen atoms in total. The fourth-order valence-electron chi connectivity index (χ4n) is 2.00. The van der Waals surface area contributed by atoms with Gasteiger partial charge in [0.15, 0.2) is 0 Å². The first-order chi connectivity index (χ1) is 7.29. The molecule has 2 N–H and O–H groups in total. The van der Waals surface area contributed by atoms with Crippen molar-refractivity contribution in [1.29, 1.82) is 0 Å². The third-order valence-electron chi connectivity index (χ3n) is 3.15. The monoisotopic (exact) mass is 205 g/mol. The van der Waals surface area contributed by atoms with Gasteiger partial charge in [-0.3, -0.25) is 0 Å². The van der Waals surface area contributed by atoms with Gasteiger partial charge in [0.2, 0.25) is 0 Å². The number of hydrogen-bond donors (Lipinski definition) is 1. The number of nitrogens with zero attached hydrogens (tertiary/aromatic N) is 2. The molecule has 15 heavy (non-hydrogen) atoms. The van der Waals surface area contributed by atoms with E-state index in [0.29, 0.717) is 6.54 Å². The van der Waals surface area contributed by atoms with Crippen molar-refractivity contribution in [2.45, 2.75) is 26.3 Å². The van der Waals surface area contributed by atoms with Crippen LogP contribution in [-0.4, -0.2) is 18.1 Å². The van der Waals surface area contributed by atoms with E-state index in [1.807, 2.05) is 12.3 Å². The van der Waals surface area contributed by atoms with Crippen LogP contribution in [-0.2, 0) is 6.54 Å². The zero-order valence-corrected chi connectivity index (χ0v) is 9.32. The highest BCUT2D eigenvalue weighted by atomic mass is 15.2. The van der Waals surface area contributed by atoms with Gasteiger partial charge in [-0.2, -0.15) is 0 Å². The number of piperidine rings is 1. The molecule has 1 aliphatic rings. The van der Waals surface area contributed by atoms with Crippen LogP contribution in [0.15, 0.2) is 18.3 Å². The Hall–Kier alpha value is -1.09. The highest BCUT2D eigenvalue weighted by Crippen LogP contribution is 2.21. The number of aromatic nitrogens is 1. The van der Waals surface area contributed by atoms with Crippen LogP contribution in [0.5, 0.6) is 0 Å². The van der Waals surface area contributed by atoms with E-state index in [2.05, 4.69) is 22.9 Å². The zero-order valence-electron chi connectivity index (χ0n) is 9.32. The highest BCUT2D eigenvalue weighted by molar-refractivity contribution is 5.41. The highest BCUT2D eigenvalue weighted by Gasteiger charge is 2.16. The summed E-state index contributed by atoms with van der Waals surface area (Å²) in [6, 6.07) is 4.09. The van der Waals surface area contributed by atoms with E-state index in [-0.39, 0.29) is 0 Å². The van der Waals surface area contributed by atoms with Gasteiger partial charge in [0.25, 0.3) is 0 Å². The number of anilines is 1. The topological polar surface area (TPSA) is 42.1 Å². The predicted molar refractivity (Wildman–Crippen MR) is 62.7 cm³/mol. The van der Waals surface area contributed by atoms with Gasteiger partial charge in [-0.15, -0.1) is 0 Å². The lowest BCUT2D eigenvalue weighted by Gasteiger charge is -2.31. The Morgan fingerprint density at radius 1 is 1.47 bits per heavy atom. The average molecular weight is 205 g/mol. The van der Waals surface area contributed by atoms with Crippen LogP contribution in [0.2, 0.25) is 0 Å². The van der Waals surface area contributed by atoms with Crippen molar-refractivity contribution in [3.05, 3.63) is 23.9 Å². The summed E-state index contributed by atoms with van der Waals surface area (Å²) in [4.78, 5) is 6.77.